The van der Waals surface area contributed by atoms with Crippen molar-refractivity contribution in [2.45, 2.75) is 43.6 Å². The summed E-state index contributed by atoms with van der Waals surface area (Å²) in [4.78, 5) is 6.83. The van der Waals surface area contributed by atoms with Crippen molar-refractivity contribution in [3.8, 4) is 0 Å². The first kappa shape index (κ1) is 24.0. The van der Waals surface area contributed by atoms with Crippen molar-refractivity contribution in [2.75, 3.05) is 33.3 Å². The number of nitrogens with one attached hydrogen (secondary N) is 1. The molecule has 1 saturated carbocycles. The molecule has 2 aromatic rings. The van der Waals surface area contributed by atoms with Crippen LogP contribution in [0.2, 0.25) is 0 Å². The van der Waals surface area contributed by atoms with Crippen molar-refractivity contribution in [2.24, 2.45) is 12.0 Å². The van der Waals surface area contributed by atoms with Crippen LogP contribution in [0.25, 0.3) is 0 Å². The summed E-state index contributed by atoms with van der Waals surface area (Å²) in [7, 11) is 3.76. The number of hydrogen-bond acceptors (Lipinski definition) is 3. The molecule has 6 nitrogen and oxygen atoms in total. The molecule has 31 heavy (non-hydrogen) atoms. The monoisotopic (exact) mass is 541 g/mol. The summed E-state index contributed by atoms with van der Waals surface area (Å²) < 4.78 is 21.3. The Bertz CT molecular complexity index is 863. The summed E-state index contributed by atoms with van der Waals surface area (Å²) in [5.41, 5.74) is 2.34. The summed E-state index contributed by atoms with van der Waals surface area (Å²) in [6, 6.07) is 7.08. The van der Waals surface area contributed by atoms with Crippen molar-refractivity contribution in [1.29, 1.82) is 0 Å². The van der Waals surface area contributed by atoms with Crippen molar-refractivity contribution < 1.29 is 9.13 Å². The van der Waals surface area contributed by atoms with Crippen LogP contribution in [0.5, 0.6) is 0 Å². The van der Waals surface area contributed by atoms with Crippen LogP contribution in [0.15, 0.2) is 41.7 Å². The number of rotatable bonds is 4. The second-order valence-corrected chi connectivity index (χ2v) is 8.50. The number of morpholine rings is 1. The molecule has 8 heteroatoms. The van der Waals surface area contributed by atoms with E-state index in [1.165, 1.54) is 24.8 Å². The van der Waals surface area contributed by atoms with E-state index in [4.69, 9.17) is 4.74 Å². The lowest BCUT2D eigenvalue weighted by atomic mass is 9.69. The molecular weight excluding hydrogens is 508 g/mol. The van der Waals surface area contributed by atoms with Crippen LogP contribution in [-0.2, 0) is 17.2 Å². The van der Waals surface area contributed by atoms with Gasteiger partial charge in [-0.15, -0.1) is 24.0 Å². The van der Waals surface area contributed by atoms with Gasteiger partial charge in [0, 0.05) is 44.4 Å². The van der Waals surface area contributed by atoms with E-state index in [2.05, 4.69) is 20.3 Å². The maximum absolute atomic E-state index is 13.5. The minimum atomic E-state index is -0.178. The van der Waals surface area contributed by atoms with Crippen LogP contribution < -0.4 is 5.32 Å². The fourth-order valence-corrected chi connectivity index (χ4v) is 4.83. The Morgan fingerprint density at radius 2 is 2.00 bits per heavy atom. The molecule has 0 radical (unpaired) electrons. The fraction of sp³-hybridized carbons (Fsp3) is 0.565. The number of benzene rings is 1. The summed E-state index contributed by atoms with van der Waals surface area (Å²) in [5, 5.41) is 7.92. The molecule has 1 aliphatic heterocycles. The van der Waals surface area contributed by atoms with E-state index < -0.39 is 0 Å². The van der Waals surface area contributed by atoms with Gasteiger partial charge in [-0.25, -0.2) is 4.39 Å². The van der Waals surface area contributed by atoms with Gasteiger partial charge >= 0.3 is 0 Å². The highest BCUT2D eigenvalue weighted by atomic mass is 127. The zero-order chi connectivity index (χ0) is 21.0. The summed E-state index contributed by atoms with van der Waals surface area (Å²) in [6.07, 6.45) is 9.79. The quantitative estimate of drug-likeness (QED) is 0.361. The molecule has 170 valence electrons. The number of nitrogens with zero attached hydrogens (tertiary/aromatic N) is 4. The van der Waals surface area contributed by atoms with Crippen molar-refractivity contribution >= 4 is 29.9 Å². The molecule has 1 aliphatic carbocycles. The van der Waals surface area contributed by atoms with Gasteiger partial charge in [-0.1, -0.05) is 31.4 Å². The van der Waals surface area contributed by atoms with E-state index in [0.717, 1.165) is 44.0 Å². The normalized spacial score (nSPS) is 21.5. The van der Waals surface area contributed by atoms with Crippen LogP contribution >= 0.6 is 24.0 Å². The molecule has 1 unspecified atom stereocenters. The van der Waals surface area contributed by atoms with E-state index in [1.54, 1.807) is 16.8 Å². The highest BCUT2D eigenvalue weighted by molar-refractivity contribution is 14.0. The number of aliphatic imine (C=N–C) groups is 1. The van der Waals surface area contributed by atoms with Gasteiger partial charge in [0.15, 0.2) is 5.96 Å². The highest BCUT2D eigenvalue weighted by Gasteiger charge is 2.35. The van der Waals surface area contributed by atoms with Crippen molar-refractivity contribution in [1.82, 2.24) is 20.0 Å². The van der Waals surface area contributed by atoms with Gasteiger partial charge in [0.1, 0.15) is 11.9 Å². The number of aryl methyl sites for hydroxylation is 1. The lowest BCUT2D eigenvalue weighted by molar-refractivity contribution is -0.00815. The predicted molar refractivity (Wildman–Crippen MR) is 131 cm³/mol. The highest BCUT2D eigenvalue weighted by Crippen LogP contribution is 2.39. The minimum absolute atomic E-state index is 0. The fourth-order valence-electron chi connectivity index (χ4n) is 4.83. The van der Waals surface area contributed by atoms with Crippen LogP contribution in [-0.4, -0.2) is 53.9 Å². The van der Waals surface area contributed by atoms with Gasteiger partial charge in [-0.05, 0) is 30.5 Å². The van der Waals surface area contributed by atoms with E-state index in [0.29, 0.717) is 6.61 Å². The van der Waals surface area contributed by atoms with Gasteiger partial charge in [-0.2, -0.15) is 5.10 Å². The zero-order valence-corrected chi connectivity index (χ0v) is 20.7. The standard InChI is InChI=1S/C23H32FN5O.HI/c1-25-22(29-12-13-30-21(16-29)18-14-27-28(2)15-18)26-17-23(10-4-3-5-11-23)19-6-8-20(24)9-7-19;/h6-9,14-15,21H,3-5,10-13,16-17H2,1-2H3,(H,25,26);1H. The Kier molecular flexibility index (Phi) is 8.32. The Morgan fingerprint density at radius 1 is 1.26 bits per heavy atom. The van der Waals surface area contributed by atoms with Gasteiger partial charge in [0.2, 0.25) is 0 Å². The lowest BCUT2D eigenvalue weighted by Gasteiger charge is -2.40. The molecule has 1 atom stereocenters. The van der Waals surface area contributed by atoms with Gasteiger partial charge in [0.05, 0.1) is 19.3 Å². The van der Waals surface area contributed by atoms with Gasteiger partial charge in [-0.3, -0.25) is 9.67 Å². The van der Waals surface area contributed by atoms with E-state index in [1.807, 2.05) is 38.6 Å². The lowest BCUT2D eigenvalue weighted by Crippen LogP contribution is -2.51. The molecule has 2 heterocycles. The molecule has 1 aromatic heterocycles. The number of aromatic nitrogens is 2. The first-order chi connectivity index (χ1) is 14.6. The molecule has 1 N–H and O–H groups in total. The third kappa shape index (κ3) is 5.58. The van der Waals surface area contributed by atoms with E-state index >= 15 is 0 Å². The minimum Gasteiger partial charge on any atom is -0.370 e. The molecule has 2 aliphatic rings. The third-order valence-electron chi connectivity index (χ3n) is 6.53. The number of ether oxygens (including phenoxy) is 1. The Morgan fingerprint density at radius 3 is 2.65 bits per heavy atom. The SMILES string of the molecule is CN=C(NCC1(c2ccc(F)cc2)CCCCC1)N1CCOC(c2cnn(C)c2)C1.I. The maximum Gasteiger partial charge on any atom is 0.193 e. The number of halogens is 2. The van der Waals surface area contributed by atoms with Gasteiger partial charge in [0.25, 0.3) is 0 Å². The second-order valence-electron chi connectivity index (χ2n) is 8.50. The van der Waals surface area contributed by atoms with Crippen molar-refractivity contribution in [3.05, 3.63) is 53.6 Å². The predicted octanol–water partition coefficient (Wildman–Crippen LogP) is 4.03. The van der Waals surface area contributed by atoms with Crippen LogP contribution in [0.4, 0.5) is 4.39 Å². The van der Waals surface area contributed by atoms with Crippen LogP contribution in [0.3, 0.4) is 0 Å². The summed E-state index contributed by atoms with van der Waals surface area (Å²) >= 11 is 0. The molecule has 1 aromatic carbocycles. The molecule has 0 bridgehead atoms. The first-order valence-corrected chi connectivity index (χ1v) is 10.9. The zero-order valence-electron chi connectivity index (χ0n) is 18.4. The van der Waals surface area contributed by atoms with Crippen molar-refractivity contribution in [3.63, 3.8) is 0 Å². The molecular formula is C23H33FIN5O. The summed E-state index contributed by atoms with van der Waals surface area (Å²) in [5.74, 6) is 0.725. The second kappa shape index (κ2) is 10.8. The molecule has 0 spiro atoms. The van der Waals surface area contributed by atoms with E-state index in [-0.39, 0.29) is 41.3 Å². The van der Waals surface area contributed by atoms with Crippen LogP contribution in [0, 0.1) is 5.82 Å². The maximum atomic E-state index is 13.5. The molecule has 0 amide bonds. The van der Waals surface area contributed by atoms with E-state index in [9.17, 15) is 4.39 Å². The molecule has 2 fully saturated rings. The molecule has 4 rings (SSSR count). The number of hydrogen-bond donors (Lipinski definition) is 1. The summed E-state index contributed by atoms with van der Waals surface area (Å²) in [6.45, 7) is 3.01. The van der Waals surface area contributed by atoms with Gasteiger partial charge < -0.3 is 15.0 Å². The largest absolute Gasteiger partial charge is 0.370 e. The van der Waals surface area contributed by atoms with Crippen LogP contribution in [0.1, 0.15) is 49.3 Å². The Labute approximate surface area is 201 Å². The smallest absolute Gasteiger partial charge is 0.193 e. The average Bonchev–Trinajstić information content (AvgIpc) is 3.22. The third-order valence-corrected chi connectivity index (χ3v) is 6.53. The average molecular weight is 541 g/mol. The molecule has 1 saturated heterocycles. The Balaban J connectivity index is 0.00000272. The topological polar surface area (TPSA) is 54.7 Å². The number of guanidine groups is 1. The Hall–Kier alpha value is -1.68. The first-order valence-electron chi connectivity index (χ1n) is 10.9.